The van der Waals surface area contributed by atoms with Crippen molar-refractivity contribution in [2.45, 2.75) is 50.0 Å². The second-order valence-electron chi connectivity index (χ2n) is 11.5. The second kappa shape index (κ2) is 11.8. The molecule has 0 radical (unpaired) electrons. The molecular formula is C33H32N6O6. The van der Waals surface area contributed by atoms with Crippen molar-refractivity contribution in [1.29, 1.82) is 0 Å². The normalized spacial score (nSPS) is 18.7. The number of anilines is 1. The van der Waals surface area contributed by atoms with E-state index < -0.39 is 23.3 Å². The van der Waals surface area contributed by atoms with Gasteiger partial charge in [0.25, 0.3) is 11.8 Å². The zero-order valence-electron chi connectivity index (χ0n) is 24.7. The molecule has 0 bridgehead atoms. The predicted molar refractivity (Wildman–Crippen MR) is 164 cm³/mol. The zero-order valence-corrected chi connectivity index (χ0v) is 24.7. The van der Waals surface area contributed by atoms with Crippen LogP contribution < -0.4 is 10.6 Å². The highest BCUT2D eigenvalue weighted by atomic mass is 16.5. The van der Waals surface area contributed by atoms with Crippen LogP contribution in [0.4, 0.5) is 5.69 Å². The summed E-state index contributed by atoms with van der Waals surface area (Å²) < 4.78 is 17.6. The summed E-state index contributed by atoms with van der Waals surface area (Å²) in [6.45, 7) is 0.336. The van der Waals surface area contributed by atoms with Gasteiger partial charge in [-0.15, -0.1) is 0 Å². The number of hydrogen-bond donors (Lipinski definition) is 2. The molecule has 45 heavy (non-hydrogen) atoms. The van der Waals surface area contributed by atoms with Gasteiger partial charge in [-0.2, -0.15) is 5.10 Å². The Hall–Kier alpha value is -5.10. The Morgan fingerprint density at radius 2 is 1.89 bits per heavy atom. The molecule has 2 aliphatic rings. The quantitative estimate of drug-likeness (QED) is 0.245. The molecule has 0 spiro atoms. The standard InChI is InChI=1S/C33H32N6O6/c1-43-31(41)30-36-25-18-22(11-13-26(25)45-30)35-32(42)33(14-16-44-19-33)37-29(40)21-10-12-23-24(17-21)38-39(27-9-5-6-15-34-27)28(23)20-7-3-2-4-8-20/h5-6,9-13,15,17-18,20H,2-4,7-8,14,16,19H2,1H3,(H,35,42)(H,37,40)/t33-/m1/s1. The number of nitrogens with one attached hydrogen (secondary N) is 2. The van der Waals surface area contributed by atoms with E-state index in [9.17, 15) is 14.4 Å². The Balaban J connectivity index is 1.15. The molecule has 4 heterocycles. The maximum Gasteiger partial charge on any atom is 0.394 e. The van der Waals surface area contributed by atoms with Gasteiger partial charge >= 0.3 is 11.9 Å². The third-order valence-electron chi connectivity index (χ3n) is 8.64. The first-order valence-electron chi connectivity index (χ1n) is 15.1. The number of benzene rings is 2. The van der Waals surface area contributed by atoms with Crippen LogP contribution in [0, 0.1) is 0 Å². The average Bonchev–Trinajstić information content (AvgIpc) is 3.82. The van der Waals surface area contributed by atoms with Crippen molar-refractivity contribution < 1.29 is 28.3 Å². The van der Waals surface area contributed by atoms with Crippen molar-refractivity contribution in [1.82, 2.24) is 25.1 Å². The summed E-state index contributed by atoms with van der Waals surface area (Å²) in [7, 11) is 1.24. The van der Waals surface area contributed by atoms with E-state index in [1.54, 1.807) is 36.5 Å². The molecule has 2 aromatic carbocycles. The van der Waals surface area contributed by atoms with Gasteiger partial charge in [-0.25, -0.2) is 19.4 Å². The SMILES string of the molecule is COC(=O)c1nc2cc(NC(=O)[C@@]3(NC(=O)c4ccc5c(C6CCCCC6)n(-c6ccccn6)nc5c4)CCOC3)ccc2o1. The van der Waals surface area contributed by atoms with Gasteiger partial charge in [0.2, 0.25) is 0 Å². The predicted octanol–water partition coefficient (Wildman–Crippen LogP) is 4.92. The van der Waals surface area contributed by atoms with Crippen LogP contribution in [0.5, 0.6) is 0 Å². The fourth-order valence-corrected chi connectivity index (χ4v) is 6.29. The fraction of sp³-hybridized carbons (Fsp3) is 0.333. The van der Waals surface area contributed by atoms with Gasteiger partial charge in [0.1, 0.15) is 11.1 Å². The number of esters is 1. The highest BCUT2D eigenvalue weighted by Crippen LogP contribution is 2.38. The van der Waals surface area contributed by atoms with Crippen molar-refractivity contribution >= 4 is 45.5 Å². The lowest BCUT2D eigenvalue weighted by atomic mass is 9.85. The molecule has 2 N–H and O–H groups in total. The smallest absolute Gasteiger partial charge is 0.394 e. The fourth-order valence-electron chi connectivity index (χ4n) is 6.29. The van der Waals surface area contributed by atoms with Gasteiger partial charge in [-0.05, 0) is 55.3 Å². The number of ether oxygens (including phenoxy) is 2. The molecule has 1 aliphatic carbocycles. The molecule has 1 aliphatic heterocycles. The van der Waals surface area contributed by atoms with Crippen LogP contribution in [0.3, 0.4) is 0 Å². The lowest BCUT2D eigenvalue weighted by Crippen LogP contribution is -2.57. The Bertz CT molecular complexity index is 1900. The number of nitrogens with zero attached hydrogens (tertiary/aromatic N) is 4. The van der Waals surface area contributed by atoms with Crippen molar-refractivity contribution in [3.05, 3.63) is 77.9 Å². The average molecular weight is 609 g/mol. The molecule has 230 valence electrons. The van der Waals surface area contributed by atoms with Crippen LogP contribution >= 0.6 is 0 Å². The van der Waals surface area contributed by atoms with E-state index in [2.05, 4.69) is 25.3 Å². The second-order valence-corrected chi connectivity index (χ2v) is 11.5. The number of carbonyl (C=O) groups is 3. The van der Waals surface area contributed by atoms with Crippen LogP contribution in [-0.4, -0.2) is 63.4 Å². The summed E-state index contributed by atoms with van der Waals surface area (Å²) in [5.41, 5.74) is 2.09. The van der Waals surface area contributed by atoms with E-state index in [0.717, 1.165) is 29.7 Å². The Morgan fingerprint density at radius 1 is 1.02 bits per heavy atom. The Morgan fingerprint density at radius 3 is 2.64 bits per heavy atom. The maximum absolute atomic E-state index is 13.7. The minimum absolute atomic E-state index is 0.0195. The first kappa shape index (κ1) is 28.7. The molecule has 7 rings (SSSR count). The molecule has 2 fully saturated rings. The summed E-state index contributed by atoms with van der Waals surface area (Å²) in [6.07, 6.45) is 7.81. The minimum Gasteiger partial charge on any atom is -0.462 e. The van der Waals surface area contributed by atoms with Gasteiger partial charge in [-0.3, -0.25) is 9.59 Å². The number of pyridine rings is 1. The molecule has 12 nitrogen and oxygen atoms in total. The van der Waals surface area contributed by atoms with E-state index in [1.165, 1.54) is 26.4 Å². The third-order valence-corrected chi connectivity index (χ3v) is 8.64. The summed E-state index contributed by atoms with van der Waals surface area (Å²) in [4.78, 5) is 47.8. The topological polar surface area (TPSA) is 150 Å². The van der Waals surface area contributed by atoms with Gasteiger partial charge < -0.3 is 24.5 Å². The number of amides is 2. The molecule has 1 saturated carbocycles. The summed E-state index contributed by atoms with van der Waals surface area (Å²) in [5, 5.41) is 11.7. The van der Waals surface area contributed by atoms with E-state index in [-0.39, 0.29) is 12.5 Å². The molecule has 3 aromatic heterocycles. The van der Waals surface area contributed by atoms with Gasteiger partial charge in [-0.1, -0.05) is 31.4 Å². The zero-order chi connectivity index (χ0) is 31.0. The first-order chi connectivity index (χ1) is 21.9. The van der Waals surface area contributed by atoms with Gasteiger partial charge in [0, 0.05) is 41.8 Å². The minimum atomic E-state index is -1.29. The van der Waals surface area contributed by atoms with Crippen LogP contribution in [0.1, 0.15) is 71.2 Å². The van der Waals surface area contributed by atoms with Crippen LogP contribution in [-0.2, 0) is 14.3 Å². The third kappa shape index (κ3) is 5.42. The van der Waals surface area contributed by atoms with E-state index in [0.29, 0.717) is 46.8 Å². The summed E-state index contributed by atoms with van der Waals surface area (Å²) in [5.74, 6) is -0.616. The van der Waals surface area contributed by atoms with Crippen LogP contribution in [0.2, 0.25) is 0 Å². The Kier molecular flexibility index (Phi) is 7.50. The molecule has 2 amide bonds. The number of aromatic nitrogens is 4. The number of oxazole rings is 1. The van der Waals surface area contributed by atoms with E-state index >= 15 is 0 Å². The van der Waals surface area contributed by atoms with E-state index in [4.69, 9.17) is 14.3 Å². The molecule has 0 unspecified atom stereocenters. The monoisotopic (exact) mass is 608 g/mol. The molecule has 1 saturated heterocycles. The highest BCUT2D eigenvalue weighted by Gasteiger charge is 2.44. The van der Waals surface area contributed by atoms with Crippen molar-refractivity contribution in [2.75, 3.05) is 25.6 Å². The number of methoxy groups -OCH3 is 1. The summed E-state index contributed by atoms with van der Waals surface area (Å²) in [6, 6.07) is 16.1. The Labute approximate surface area is 258 Å². The van der Waals surface area contributed by atoms with E-state index in [1.807, 2.05) is 28.9 Å². The van der Waals surface area contributed by atoms with Gasteiger partial charge in [0.15, 0.2) is 11.4 Å². The van der Waals surface area contributed by atoms with Crippen molar-refractivity contribution in [2.24, 2.45) is 0 Å². The molecular weight excluding hydrogens is 576 g/mol. The number of rotatable bonds is 7. The lowest BCUT2D eigenvalue weighted by molar-refractivity contribution is -0.122. The molecule has 1 atom stereocenters. The number of hydrogen-bond acceptors (Lipinski definition) is 9. The highest BCUT2D eigenvalue weighted by molar-refractivity contribution is 6.05. The number of carbonyl (C=O) groups excluding carboxylic acids is 3. The lowest BCUT2D eigenvalue weighted by Gasteiger charge is -2.27. The van der Waals surface area contributed by atoms with Gasteiger partial charge in [0.05, 0.1) is 24.9 Å². The van der Waals surface area contributed by atoms with Crippen molar-refractivity contribution in [3.63, 3.8) is 0 Å². The molecule has 5 aromatic rings. The molecule has 12 heteroatoms. The van der Waals surface area contributed by atoms with Crippen LogP contribution in [0.25, 0.3) is 27.8 Å². The largest absolute Gasteiger partial charge is 0.462 e. The van der Waals surface area contributed by atoms with Crippen molar-refractivity contribution in [3.8, 4) is 5.82 Å². The van der Waals surface area contributed by atoms with Crippen LogP contribution in [0.15, 0.2) is 65.2 Å². The number of fused-ring (bicyclic) bond motifs is 2. The summed E-state index contributed by atoms with van der Waals surface area (Å²) >= 11 is 0. The maximum atomic E-state index is 13.7. The first-order valence-corrected chi connectivity index (χ1v) is 15.1.